The van der Waals surface area contributed by atoms with Crippen LogP contribution < -0.4 is 5.14 Å². The van der Waals surface area contributed by atoms with Crippen LogP contribution in [0.15, 0.2) is 65.6 Å². The highest BCUT2D eigenvalue weighted by atomic mass is 32.2. The van der Waals surface area contributed by atoms with Gasteiger partial charge in [-0.05, 0) is 42.3 Å². The average Bonchev–Trinajstić information content (AvgIpc) is 3.18. The summed E-state index contributed by atoms with van der Waals surface area (Å²) < 4.78 is 104. The molecule has 0 saturated heterocycles. The van der Waals surface area contributed by atoms with Crippen molar-refractivity contribution in [3.05, 3.63) is 83.2 Å². The van der Waals surface area contributed by atoms with Gasteiger partial charge in [0.1, 0.15) is 5.69 Å². The van der Waals surface area contributed by atoms with E-state index in [9.17, 15) is 34.8 Å². The lowest BCUT2D eigenvalue weighted by Crippen LogP contribution is -2.14. The average molecular weight is 510 g/mol. The van der Waals surface area contributed by atoms with Gasteiger partial charge in [0.2, 0.25) is 10.0 Å². The minimum absolute atomic E-state index is 0.134. The van der Waals surface area contributed by atoms with Gasteiger partial charge in [0.05, 0.1) is 16.2 Å². The third-order valence-corrected chi connectivity index (χ3v) is 5.61. The van der Waals surface area contributed by atoms with Crippen LogP contribution in [-0.4, -0.2) is 23.0 Å². The van der Waals surface area contributed by atoms with Gasteiger partial charge in [-0.2, -0.15) is 31.4 Å². The van der Waals surface area contributed by atoms with Crippen molar-refractivity contribution < 1.29 is 34.8 Å². The zero-order valence-corrected chi connectivity index (χ0v) is 18.0. The van der Waals surface area contributed by atoms with Crippen molar-refractivity contribution in [1.29, 1.82) is 0 Å². The Morgan fingerprint density at radius 1 is 0.857 bits per heavy atom. The summed E-state index contributed by atoms with van der Waals surface area (Å²) in [5.41, 5.74) is -3.02. The Hall–Kier alpha value is -3.89. The predicted molar refractivity (Wildman–Crippen MR) is 112 cm³/mol. The lowest BCUT2D eigenvalue weighted by molar-refractivity contribution is -0.142. The van der Waals surface area contributed by atoms with Crippen molar-refractivity contribution in [2.45, 2.75) is 17.2 Å². The van der Waals surface area contributed by atoms with E-state index in [1.807, 2.05) is 0 Å². The summed E-state index contributed by atoms with van der Waals surface area (Å²) in [6.07, 6.45) is -9.59. The fraction of sp³-hybridized carbons (Fsp3) is 0.0909. The highest BCUT2D eigenvalue weighted by Crippen LogP contribution is 2.35. The highest BCUT2D eigenvalue weighted by molar-refractivity contribution is 7.89. The van der Waals surface area contributed by atoms with Gasteiger partial charge in [-0.15, -0.1) is 0 Å². The molecule has 0 spiro atoms. The van der Waals surface area contributed by atoms with E-state index in [1.54, 1.807) is 0 Å². The number of aromatic nitrogens is 3. The molecule has 2 aromatic carbocycles. The summed E-state index contributed by atoms with van der Waals surface area (Å²) in [6.45, 7) is 0. The number of hydrogen-bond acceptors (Lipinski definition) is 4. The molecule has 2 N–H and O–H groups in total. The molecule has 4 aromatic rings. The zero-order chi connectivity index (χ0) is 25.6. The highest BCUT2D eigenvalue weighted by Gasteiger charge is 2.36. The number of sulfonamides is 1. The van der Waals surface area contributed by atoms with E-state index in [0.29, 0.717) is 16.6 Å². The molecule has 0 radical (unpaired) electrons. The van der Waals surface area contributed by atoms with Crippen LogP contribution in [0, 0.1) is 11.8 Å². The Kier molecular flexibility index (Phi) is 5.82. The lowest BCUT2D eigenvalue weighted by atomic mass is 10.1. The molecule has 13 heteroatoms. The van der Waals surface area contributed by atoms with E-state index in [2.05, 4.69) is 21.9 Å². The molecular weight excluding hydrogens is 498 g/mol. The molecule has 2 heterocycles. The number of rotatable bonds is 2. The number of hydrogen-bond donors (Lipinski definition) is 1. The van der Waals surface area contributed by atoms with Crippen LogP contribution in [0.5, 0.6) is 0 Å². The van der Waals surface area contributed by atoms with E-state index in [0.717, 1.165) is 18.2 Å². The van der Waals surface area contributed by atoms with Gasteiger partial charge in [-0.1, -0.05) is 24.1 Å². The van der Waals surface area contributed by atoms with Gasteiger partial charge in [0.25, 0.3) is 0 Å². The SMILES string of the molecule is NS(=O)(=O)c1cccc(C#Cc2cc3nc(-c4cccc(C(F)(F)F)c4)cc(C(F)(F)F)n3n2)c1. The van der Waals surface area contributed by atoms with E-state index in [1.165, 1.54) is 30.3 Å². The third kappa shape index (κ3) is 5.28. The summed E-state index contributed by atoms with van der Waals surface area (Å²) in [6, 6.07) is 10.8. The molecule has 0 atom stereocenters. The number of fused-ring (bicyclic) bond motifs is 1. The zero-order valence-electron chi connectivity index (χ0n) is 17.2. The smallest absolute Gasteiger partial charge is 0.228 e. The maximum atomic E-state index is 13.7. The number of benzene rings is 2. The summed E-state index contributed by atoms with van der Waals surface area (Å²) in [5, 5.41) is 8.86. The Balaban J connectivity index is 1.82. The Labute approximate surface area is 194 Å². The van der Waals surface area contributed by atoms with Crippen LogP contribution in [0.3, 0.4) is 0 Å². The molecule has 0 saturated carbocycles. The van der Waals surface area contributed by atoms with Crippen LogP contribution in [0.25, 0.3) is 16.9 Å². The number of nitrogens with zero attached hydrogens (tertiary/aromatic N) is 3. The molecular formula is C22H12F6N4O2S. The molecule has 35 heavy (non-hydrogen) atoms. The van der Waals surface area contributed by atoms with Gasteiger partial charge < -0.3 is 0 Å². The second-order valence-corrected chi connectivity index (χ2v) is 8.79. The van der Waals surface area contributed by atoms with Gasteiger partial charge in [0, 0.05) is 17.2 Å². The van der Waals surface area contributed by atoms with Crippen molar-refractivity contribution in [3.8, 4) is 23.1 Å². The Morgan fingerprint density at radius 2 is 1.57 bits per heavy atom. The van der Waals surface area contributed by atoms with Crippen molar-refractivity contribution in [1.82, 2.24) is 14.6 Å². The van der Waals surface area contributed by atoms with E-state index < -0.39 is 33.6 Å². The number of alkyl halides is 6. The quantitative estimate of drug-likeness (QED) is 0.318. The van der Waals surface area contributed by atoms with Crippen molar-refractivity contribution in [2.24, 2.45) is 5.14 Å². The predicted octanol–water partition coefficient (Wildman–Crippen LogP) is 4.48. The van der Waals surface area contributed by atoms with Crippen LogP contribution in [0.4, 0.5) is 26.3 Å². The van der Waals surface area contributed by atoms with Crippen molar-refractivity contribution in [2.75, 3.05) is 0 Å². The standard InChI is InChI=1S/C22H12F6N4O2S/c23-21(24,25)15-5-2-4-14(10-15)18-12-19(22(26,27)28)32-20(30-18)11-16(31-32)8-7-13-3-1-6-17(9-13)35(29,33)34/h1-6,9-12H,(H2,29,33,34). The van der Waals surface area contributed by atoms with Crippen LogP contribution >= 0.6 is 0 Å². The van der Waals surface area contributed by atoms with Gasteiger partial charge in [-0.3, -0.25) is 0 Å². The van der Waals surface area contributed by atoms with E-state index >= 15 is 0 Å². The van der Waals surface area contributed by atoms with E-state index in [4.69, 9.17) is 5.14 Å². The normalized spacial score (nSPS) is 12.4. The summed E-state index contributed by atoms with van der Waals surface area (Å²) >= 11 is 0. The largest absolute Gasteiger partial charge is 0.433 e. The fourth-order valence-corrected chi connectivity index (χ4v) is 3.69. The Bertz CT molecular complexity index is 1610. The number of nitrogens with two attached hydrogens (primary N) is 1. The summed E-state index contributed by atoms with van der Waals surface area (Å²) in [7, 11) is -3.99. The minimum Gasteiger partial charge on any atom is -0.228 e. The minimum atomic E-state index is -4.90. The van der Waals surface area contributed by atoms with Gasteiger partial charge >= 0.3 is 12.4 Å². The molecule has 4 rings (SSSR count). The molecule has 0 aliphatic rings. The lowest BCUT2D eigenvalue weighted by Gasteiger charge is -2.12. The molecule has 0 fully saturated rings. The van der Waals surface area contributed by atoms with E-state index in [-0.39, 0.29) is 33.1 Å². The van der Waals surface area contributed by atoms with Crippen LogP contribution in [0.2, 0.25) is 0 Å². The second kappa shape index (κ2) is 8.40. The fourth-order valence-electron chi connectivity index (χ4n) is 3.13. The number of halogens is 6. The van der Waals surface area contributed by atoms with Crippen LogP contribution in [-0.2, 0) is 22.4 Å². The van der Waals surface area contributed by atoms with Crippen LogP contribution in [0.1, 0.15) is 22.5 Å². The molecule has 0 aliphatic carbocycles. The first-order chi connectivity index (χ1) is 16.2. The first-order valence-corrected chi connectivity index (χ1v) is 11.1. The second-order valence-electron chi connectivity index (χ2n) is 7.23. The Morgan fingerprint density at radius 3 is 2.23 bits per heavy atom. The third-order valence-electron chi connectivity index (χ3n) is 4.70. The molecule has 6 nitrogen and oxygen atoms in total. The molecule has 0 amide bonds. The first-order valence-electron chi connectivity index (χ1n) is 9.52. The topological polar surface area (TPSA) is 90.4 Å². The molecule has 0 aliphatic heterocycles. The monoisotopic (exact) mass is 510 g/mol. The summed E-state index contributed by atoms with van der Waals surface area (Å²) in [5.74, 6) is 5.11. The molecule has 0 bridgehead atoms. The van der Waals surface area contributed by atoms with Gasteiger partial charge in [-0.25, -0.2) is 23.1 Å². The number of primary sulfonamides is 1. The van der Waals surface area contributed by atoms with Gasteiger partial charge in [0.15, 0.2) is 11.3 Å². The van der Waals surface area contributed by atoms with Crippen molar-refractivity contribution >= 4 is 15.7 Å². The maximum Gasteiger partial charge on any atom is 0.433 e. The first kappa shape index (κ1) is 24.2. The van der Waals surface area contributed by atoms with Crippen molar-refractivity contribution in [3.63, 3.8) is 0 Å². The molecule has 2 aromatic heterocycles. The molecule has 0 unspecified atom stereocenters. The summed E-state index contributed by atoms with van der Waals surface area (Å²) in [4.78, 5) is 3.83. The molecule has 180 valence electrons. The maximum absolute atomic E-state index is 13.7.